The molecule has 1 aliphatic carbocycles. The third-order valence-electron chi connectivity index (χ3n) is 3.44. The van der Waals surface area contributed by atoms with Gasteiger partial charge in [0.15, 0.2) is 11.5 Å². The first-order valence-corrected chi connectivity index (χ1v) is 6.25. The molecule has 0 amide bonds. The zero-order valence-electron chi connectivity index (χ0n) is 10.3. The lowest BCUT2D eigenvalue weighted by Gasteiger charge is -2.30. The quantitative estimate of drug-likeness (QED) is 0.789. The van der Waals surface area contributed by atoms with Crippen LogP contribution in [0.2, 0.25) is 0 Å². The summed E-state index contributed by atoms with van der Waals surface area (Å²) in [6, 6.07) is 0. The highest BCUT2D eigenvalue weighted by Crippen LogP contribution is 2.35. The second-order valence-electron chi connectivity index (χ2n) is 4.53. The molecule has 0 radical (unpaired) electrons. The van der Waals surface area contributed by atoms with E-state index < -0.39 is 5.79 Å². The number of hydrogen-bond donors (Lipinski definition) is 1. The third kappa shape index (κ3) is 1.81. The lowest BCUT2D eigenvalue weighted by atomic mass is 9.91. The van der Waals surface area contributed by atoms with Gasteiger partial charge in [-0.05, 0) is 13.3 Å². The van der Waals surface area contributed by atoms with E-state index in [9.17, 15) is 4.79 Å². The smallest absolute Gasteiger partial charge is 0.359 e. The average molecular weight is 252 g/mol. The largest absolute Gasteiger partial charge is 0.461 e. The van der Waals surface area contributed by atoms with Crippen molar-refractivity contribution < 1.29 is 19.0 Å². The molecule has 6 heteroatoms. The number of aromatic amines is 1. The fourth-order valence-electron chi connectivity index (χ4n) is 2.60. The first kappa shape index (κ1) is 11.7. The van der Waals surface area contributed by atoms with Crippen LogP contribution in [0.5, 0.6) is 0 Å². The van der Waals surface area contributed by atoms with E-state index in [1.165, 1.54) is 0 Å². The van der Waals surface area contributed by atoms with Crippen LogP contribution in [-0.2, 0) is 27.1 Å². The number of hydrogen-bond acceptors (Lipinski definition) is 5. The van der Waals surface area contributed by atoms with Crippen LogP contribution >= 0.6 is 0 Å². The van der Waals surface area contributed by atoms with E-state index in [1.807, 2.05) is 0 Å². The Morgan fingerprint density at radius 1 is 1.50 bits per heavy atom. The summed E-state index contributed by atoms with van der Waals surface area (Å²) < 4.78 is 16.3. The molecule has 0 unspecified atom stereocenters. The minimum Gasteiger partial charge on any atom is -0.461 e. The van der Waals surface area contributed by atoms with E-state index in [4.69, 9.17) is 14.2 Å². The van der Waals surface area contributed by atoms with Crippen molar-refractivity contribution in [1.29, 1.82) is 0 Å². The maximum absolute atomic E-state index is 11.7. The van der Waals surface area contributed by atoms with Crippen molar-refractivity contribution in [3.8, 4) is 0 Å². The van der Waals surface area contributed by atoms with Gasteiger partial charge in [0.05, 0.1) is 19.8 Å². The van der Waals surface area contributed by atoms with Gasteiger partial charge in [-0.15, -0.1) is 0 Å². The monoisotopic (exact) mass is 252 g/mol. The number of H-pyrrole nitrogens is 1. The molecule has 0 saturated carbocycles. The van der Waals surface area contributed by atoms with Gasteiger partial charge in [0, 0.05) is 24.1 Å². The second-order valence-corrected chi connectivity index (χ2v) is 4.53. The first-order chi connectivity index (χ1) is 8.74. The minimum atomic E-state index is -0.508. The summed E-state index contributed by atoms with van der Waals surface area (Å²) >= 11 is 0. The highest BCUT2D eigenvalue weighted by molar-refractivity contribution is 5.89. The lowest BCUT2D eigenvalue weighted by molar-refractivity contribution is -0.164. The van der Waals surface area contributed by atoms with Crippen molar-refractivity contribution in [3.63, 3.8) is 0 Å². The zero-order chi connectivity index (χ0) is 12.6. The van der Waals surface area contributed by atoms with Gasteiger partial charge in [0.2, 0.25) is 0 Å². The predicted octanol–water partition coefficient (Wildman–Crippen LogP) is 0.818. The first-order valence-electron chi connectivity index (χ1n) is 6.25. The van der Waals surface area contributed by atoms with Crippen molar-refractivity contribution in [2.24, 2.45) is 0 Å². The number of carbonyl (C=O) groups excluding carboxylic acids is 1. The minimum absolute atomic E-state index is 0.358. The van der Waals surface area contributed by atoms with Gasteiger partial charge in [-0.2, -0.15) is 5.10 Å². The van der Waals surface area contributed by atoms with Gasteiger partial charge in [-0.1, -0.05) is 0 Å². The molecular formula is C12H16N2O4. The van der Waals surface area contributed by atoms with Crippen LogP contribution in [0.3, 0.4) is 0 Å². The molecule has 18 heavy (non-hydrogen) atoms. The molecule has 1 aliphatic heterocycles. The Kier molecular flexibility index (Phi) is 2.83. The molecular weight excluding hydrogens is 236 g/mol. The topological polar surface area (TPSA) is 73.4 Å². The number of nitrogens with zero attached hydrogens (tertiary/aromatic N) is 1. The average Bonchev–Trinajstić information content (AvgIpc) is 2.97. The van der Waals surface area contributed by atoms with Crippen LogP contribution in [0.15, 0.2) is 0 Å². The van der Waals surface area contributed by atoms with E-state index in [2.05, 4.69) is 10.2 Å². The van der Waals surface area contributed by atoms with Gasteiger partial charge in [0.1, 0.15) is 0 Å². The Labute approximate surface area is 105 Å². The maximum Gasteiger partial charge on any atom is 0.359 e. The SMILES string of the molecule is CCOC(=O)c1n[nH]c2c1CCC1(C2)OCCO1. The van der Waals surface area contributed by atoms with Crippen molar-refractivity contribution in [1.82, 2.24) is 10.2 Å². The normalized spacial score (nSPS) is 20.9. The van der Waals surface area contributed by atoms with Gasteiger partial charge >= 0.3 is 5.97 Å². The highest BCUT2D eigenvalue weighted by atomic mass is 16.7. The number of fused-ring (bicyclic) bond motifs is 1. The molecule has 0 atom stereocenters. The summed E-state index contributed by atoms with van der Waals surface area (Å²) in [6.07, 6.45) is 2.10. The summed E-state index contributed by atoms with van der Waals surface area (Å²) in [5, 5.41) is 6.97. The van der Waals surface area contributed by atoms with Crippen LogP contribution < -0.4 is 0 Å². The molecule has 98 valence electrons. The molecule has 1 spiro atoms. The van der Waals surface area contributed by atoms with E-state index in [-0.39, 0.29) is 5.97 Å². The molecule has 1 fully saturated rings. The van der Waals surface area contributed by atoms with Gasteiger partial charge in [-0.3, -0.25) is 5.10 Å². The molecule has 2 aliphatic rings. The Morgan fingerprint density at radius 2 is 2.28 bits per heavy atom. The molecule has 2 heterocycles. The van der Waals surface area contributed by atoms with Crippen molar-refractivity contribution in [2.75, 3.05) is 19.8 Å². The van der Waals surface area contributed by atoms with Crippen molar-refractivity contribution in [2.45, 2.75) is 32.0 Å². The molecule has 1 aromatic heterocycles. The standard InChI is InChI=1S/C12H16N2O4/c1-2-16-11(15)10-8-3-4-12(17-5-6-18-12)7-9(8)13-14-10/h2-7H2,1H3,(H,13,14). The predicted molar refractivity (Wildman–Crippen MR) is 61.2 cm³/mol. The van der Waals surface area contributed by atoms with Crippen LogP contribution in [0.1, 0.15) is 35.1 Å². The van der Waals surface area contributed by atoms with Crippen LogP contribution in [0.25, 0.3) is 0 Å². The van der Waals surface area contributed by atoms with Crippen LogP contribution in [0.4, 0.5) is 0 Å². The van der Waals surface area contributed by atoms with E-state index >= 15 is 0 Å². The summed E-state index contributed by atoms with van der Waals surface area (Å²) in [6.45, 7) is 3.41. The number of nitrogens with one attached hydrogen (secondary N) is 1. The van der Waals surface area contributed by atoms with Crippen LogP contribution in [-0.4, -0.2) is 41.8 Å². The van der Waals surface area contributed by atoms with Crippen LogP contribution in [0, 0.1) is 0 Å². The Balaban J connectivity index is 1.84. The van der Waals surface area contributed by atoms with Gasteiger partial charge < -0.3 is 14.2 Å². The second kappa shape index (κ2) is 4.37. The van der Waals surface area contributed by atoms with Gasteiger partial charge in [-0.25, -0.2) is 4.79 Å². The summed E-state index contributed by atoms with van der Waals surface area (Å²) in [5.41, 5.74) is 2.27. The summed E-state index contributed by atoms with van der Waals surface area (Å²) in [4.78, 5) is 11.7. The molecule has 3 rings (SSSR count). The number of aromatic nitrogens is 2. The molecule has 1 aromatic rings. The number of ether oxygens (including phenoxy) is 3. The number of rotatable bonds is 2. The Hall–Kier alpha value is -1.40. The van der Waals surface area contributed by atoms with Gasteiger partial charge in [0.25, 0.3) is 0 Å². The number of carbonyl (C=O) groups is 1. The summed E-state index contributed by atoms with van der Waals surface area (Å²) in [7, 11) is 0. The fraction of sp³-hybridized carbons (Fsp3) is 0.667. The molecule has 6 nitrogen and oxygen atoms in total. The molecule has 0 aromatic carbocycles. The Morgan fingerprint density at radius 3 is 3.00 bits per heavy atom. The van der Waals surface area contributed by atoms with E-state index in [0.29, 0.717) is 31.9 Å². The van der Waals surface area contributed by atoms with E-state index in [0.717, 1.165) is 24.1 Å². The van der Waals surface area contributed by atoms with E-state index in [1.54, 1.807) is 6.92 Å². The van der Waals surface area contributed by atoms with Crippen molar-refractivity contribution in [3.05, 3.63) is 17.0 Å². The molecule has 0 bridgehead atoms. The fourth-order valence-corrected chi connectivity index (χ4v) is 2.60. The molecule has 1 saturated heterocycles. The molecule has 1 N–H and O–H groups in total. The summed E-state index contributed by atoms with van der Waals surface area (Å²) in [5.74, 6) is -0.870. The lowest BCUT2D eigenvalue weighted by Crippen LogP contribution is -2.37. The van der Waals surface area contributed by atoms with Crippen molar-refractivity contribution >= 4 is 5.97 Å². The zero-order valence-corrected chi connectivity index (χ0v) is 10.3. The number of esters is 1. The highest BCUT2D eigenvalue weighted by Gasteiger charge is 2.42. The third-order valence-corrected chi connectivity index (χ3v) is 3.44. The Bertz CT molecular complexity index is 463. The maximum atomic E-state index is 11.7.